The Bertz CT molecular complexity index is 935. The van der Waals surface area contributed by atoms with Crippen LogP contribution in [0.25, 0.3) is 0 Å². The van der Waals surface area contributed by atoms with Gasteiger partial charge in [-0.15, -0.1) is 0 Å². The Morgan fingerprint density at radius 2 is 1.42 bits per heavy atom. The largest absolute Gasteiger partial charge is 0.246 e. The summed E-state index contributed by atoms with van der Waals surface area (Å²) in [6.45, 7) is 1.48. The molecule has 0 spiro atoms. The summed E-state index contributed by atoms with van der Waals surface area (Å²) >= 11 is 0. The Labute approximate surface area is 139 Å². The maximum absolute atomic E-state index is 13.7. The molecule has 0 bridgehead atoms. The van der Waals surface area contributed by atoms with Gasteiger partial charge >= 0.3 is 0 Å². The third-order valence-electron chi connectivity index (χ3n) is 3.33. The lowest BCUT2D eigenvalue weighted by Gasteiger charge is -2.15. The van der Waals surface area contributed by atoms with E-state index in [-0.39, 0.29) is 4.90 Å². The molecule has 0 aliphatic rings. The molecule has 0 saturated heterocycles. The van der Waals surface area contributed by atoms with Gasteiger partial charge in [0.25, 0.3) is 0 Å². The third kappa shape index (κ3) is 3.97. The number of halogens is 2. The van der Waals surface area contributed by atoms with Gasteiger partial charge in [-0.2, -0.15) is 0 Å². The van der Waals surface area contributed by atoms with Gasteiger partial charge in [0.05, 0.1) is 4.90 Å². The number of hydrogen-bond acceptors (Lipinski definition) is 4. The zero-order chi connectivity index (χ0) is 18.1. The number of hydrogen-bond donors (Lipinski definition) is 1. The monoisotopic (exact) mass is 375 g/mol. The molecule has 0 aromatic heterocycles. The first kappa shape index (κ1) is 18.5. The SMILES string of the molecule is CC(NS(=O)(=O)c1c(F)cccc1F)c1ccc(S(C)(=O)=O)cc1. The van der Waals surface area contributed by atoms with Crippen molar-refractivity contribution in [2.45, 2.75) is 22.8 Å². The van der Waals surface area contributed by atoms with Crippen LogP contribution in [0.5, 0.6) is 0 Å². The second-order valence-electron chi connectivity index (χ2n) is 5.23. The van der Waals surface area contributed by atoms with E-state index in [1.54, 1.807) is 0 Å². The van der Waals surface area contributed by atoms with Crippen LogP contribution in [0.15, 0.2) is 52.3 Å². The number of sulfonamides is 1. The van der Waals surface area contributed by atoms with Crippen molar-refractivity contribution < 1.29 is 25.6 Å². The van der Waals surface area contributed by atoms with Crippen LogP contribution in [0.2, 0.25) is 0 Å². The summed E-state index contributed by atoms with van der Waals surface area (Å²) in [5, 5.41) is 0. The molecule has 0 fully saturated rings. The molecule has 2 aromatic rings. The molecule has 130 valence electrons. The fourth-order valence-electron chi connectivity index (χ4n) is 2.10. The first-order valence-corrected chi connectivity index (χ1v) is 10.2. The Morgan fingerprint density at radius 1 is 0.917 bits per heavy atom. The molecule has 0 aliphatic heterocycles. The van der Waals surface area contributed by atoms with E-state index in [4.69, 9.17) is 0 Å². The van der Waals surface area contributed by atoms with Crippen molar-refractivity contribution in [3.8, 4) is 0 Å². The van der Waals surface area contributed by atoms with Crippen molar-refractivity contribution >= 4 is 19.9 Å². The van der Waals surface area contributed by atoms with Gasteiger partial charge in [0.2, 0.25) is 10.0 Å². The molecular formula is C15H15F2NO4S2. The van der Waals surface area contributed by atoms with Gasteiger partial charge in [-0.1, -0.05) is 18.2 Å². The zero-order valence-corrected chi connectivity index (χ0v) is 14.5. The highest BCUT2D eigenvalue weighted by Gasteiger charge is 2.26. The van der Waals surface area contributed by atoms with E-state index in [1.807, 2.05) is 0 Å². The minimum atomic E-state index is -4.43. The standard InChI is InChI=1S/C15H15F2NO4S2/c1-10(11-6-8-12(9-7-11)23(2,19)20)18-24(21,22)15-13(16)4-3-5-14(15)17/h3-10,18H,1-2H3. The molecular weight excluding hydrogens is 360 g/mol. The molecule has 0 radical (unpaired) electrons. The van der Waals surface area contributed by atoms with Crippen molar-refractivity contribution in [3.05, 3.63) is 59.7 Å². The van der Waals surface area contributed by atoms with E-state index in [0.717, 1.165) is 24.5 Å². The summed E-state index contributed by atoms with van der Waals surface area (Å²) in [5.74, 6) is -2.38. The van der Waals surface area contributed by atoms with Crippen LogP contribution in [0.4, 0.5) is 8.78 Å². The highest BCUT2D eigenvalue weighted by atomic mass is 32.2. The van der Waals surface area contributed by atoms with Crippen LogP contribution < -0.4 is 4.72 Å². The molecule has 1 N–H and O–H groups in total. The molecule has 5 nitrogen and oxygen atoms in total. The molecule has 24 heavy (non-hydrogen) atoms. The van der Waals surface area contributed by atoms with Gasteiger partial charge in [-0.3, -0.25) is 0 Å². The van der Waals surface area contributed by atoms with E-state index in [9.17, 15) is 25.6 Å². The van der Waals surface area contributed by atoms with E-state index >= 15 is 0 Å². The van der Waals surface area contributed by atoms with Crippen LogP contribution >= 0.6 is 0 Å². The summed E-state index contributed by atoms with van der Waals surface area (Å²) in [5.41, 5.74) is 0.447. The van der Waals surface area contributed by atoms with Crippen molar-refractivity contribution in [1.82, 2.24) is 4.72 Å². The van der Waals surface area contributed by atoms with Crippen molar-refractivity contribution in [3.63, 3.8) is 0 Å². The van der Waals surface area contributed by atoms with E-state index in [2.05, 4.69) is 4.72 Å². The maximum atomic E-state index is 13.7. The van der Waals surface area contributed by atoms with Crippen molar-refractivity contribution in [2.75, 3.05) is 6.26 Å². The molecule has 2 aromatic carbocycles. The lowest BCUT2D eigenvalue weighted by molar-refractivity contribution is 0.509. The quantitative estimate of drug-likeness (QED) is 0.870. The Balaban J connectivity index is 2.30. The number of nitrogens with one attached hydrogen (secondary N) is 1. The van der Waals surface area contributed by atoms with E-state index in [0.29, 0.717) is 5.56 Å². The average molecular weight is 375 g/mol. The minimum absolute atomic E-state index is 0.0847. The molecule has 2 rings (SSSR count). The van der Waals surface area contributed by atoms with Gasteiger partial charge in [0.1, 0.15) is 11.6 Å². The average Bonchev–Trinajstić information content (AvgIpc) is 2.45. The molecule has 0 aliphatic carbocycles. The van der Waals surface area contributed by atoms with Crippen LogP contribution in [-0.2, 0) is 19.9 Å². The third-order valence-corrected chi connectivity index (χ3v) is 6.05. The first-order chi connectivity index (χ1) is 11.0. The fourth-order valence-corrected chi connectivity index (χ4v) is 4.10. The molecule has 1 unspecified atom stereocenters. The molecule has 0 heterocycles. The van der Waals surface area contributed by atoms with Crippen molar-refractivity contribution in [2.24, 2.45) is 0 Å². The van der Waals surface area contributed by atoms with Gasteiger partial charge in [-0.25, -0.2) is 30.3 Å². The zero-order valence-electron chi connectivity index (χ0n) is 12.8. The lowest BCUT2D eigenvalue weighted by atomic mass is 10.1. The van der Waals surface area contributed by atoms with Crippen LogP contribution in [0.3, 0.4) is 0 Å². The number of sulfone groups is 1. The minimum Gasteiger partial charge on any atom is -0.224 e. The predicted molar refractivity (Wildman–Crippen MR) is 84.6 cm³/mol. The summed E-state index contributed by atoms with van der Waals surface area (Å²) in [6, 6.07) is 7.48. The normalized spacial score (nSPS) is 13.7. The van der Waals surface area contributed by atoms with E-state index < -0.39 is 42.4 Å². The second-order valence-corrected chi connectivity index (χ2v) is 8.90. The fraction of sp³-hybridized carbons (Fsp3) is 0.200. The van der Waals surface area contributed by atoms with Gasteiger partial charge in [0, 0.05) is 12.3 Å². The summed E-state index contributed by atoms with van der Waals surface area (Å²) < 4.78 is 76.7. The molecule has 0 amide bonds. The van der Waals surface area contributed by atoms with Gasteiger partial charge in [0.15, 0.2) is 14.7 Å². The molecule has 1 atom stereocenters. The summed E-state index contributed by atoms with van der Waals surface area (Å²) in [4.78, 5) is -0.967. The van der Waals surface area contributed by atoms with Crippen molar-refractivity contribution in [1.29, 1.82) is 0 Å². The molecule has 0 saturated carbocycles. The topological polar surface area (TPSA) is 80.3 Å². The van der Waals surface area contributed by atoms with E-state index in [1.165, 1.54) is 31.2 Å². The van der Waals surface area contributed by atoms with Crippen LogP contribution in [-0.4, -0.2) is 23.1 Å². The Morgan fingerprint density at radius 3 is 1.88 bits per heavy atom. The molecule has 9 heteroatoms. The smallest absolute Gasteiger partial charge is 0.224 e. The first-order valence-electron chi connectivity index (χ1n) is 6.79. The summed E-state index contributed by atoms with van der Waals surface area (Å²) in [6.07, 6.45) is 1.05. The predicted octanol–water partition coefficient (Wildman–Crippen LogP) is 2.41. The lowest BCUT2D eigenvalue weighted by Crippen LogP contribution is -2.28. The maximum Gasteiger partial charge on any atom is 0.246 e. The van der Waals surface area contributed by atoms with Crippen LogP contribution in [0, 0.1) is 11.6 Å². The second kappa shape index (κ2) is 6.58. The number of rotatable bonds is 5. The Kier molecular flexibility index (Phi) is 5.07. The Hall–Kier alpha value is -1.84. The highest BCUT2D eigenvalue weighted by Crippen LogP contribution is 2.22. The van der Waals surface area contributed by atoms with Crippen LogP contribution in [0.1, 0.15) is 18.5 Å². The highest BCUT2D eigenvalue weighted by molar-refractivity contribution is 7.90. The van der Waals surface area contributed by atoms with Gasteiger partial charge < -0.3 is 0 Å². The van der Waals surface area contributed by atoms with Gasteiger partial charge in [-0.05, 0) is 36.8 Å². The summed E-state index contributed by atoms with van der Waals surface area (Å²) in [7, 11) is -7.80. The number of benzene rings is 2.